The summed E-state index contributed by atoms with van der Waals surface area (Å²) in [6.07, 6.45) is 3.66. The van der Waals surface area contributed by atoms with E-state index in [1.54, 1.807) is 4.31 Å². The summed E-state index contributed by atoms with van der Waals surface area (Å²) in [5.41, 5.74) is 0. The lowest BCUT2D eigenvalue weighted by atomic mass is 10.1. The number of hydrogen-bond donors (Lipinski definition) is 1. The van der Waals surface area contributed by atoms with Crippen LogP contribution in [0, 0.1) is 0 Å². The van der Waals surface area contributed by atoms with Crippen molar-refractivity contribution < 1.29 is 8.42 Å². The Hall–Kier alpha value is -0.130. The van der Waals surface area contributed by atoms with E-state index in [2.05, 4.69) is 12.2 Å². The molecule has 0 unspecified atom stereocenters. The Kier molecular flexibility index (Phi) is 3.33. The number of hydrogen-bond acceptors (Lipinski definition) is 3. The molecule has 5 heteroatoms. The van der Waals surface area contributed by atoms with E-state index in [9.17, 15) is 8.42 Å². The summed E-state index contributed by atoms with van der Waals surface area (Å²) in [5, 5.41) is 3.33. The van der Waals surface area contributed by atoms with Crippen molar-refractivity contribution in [1.82, 2.24) is 9.62 Å². The number of nitrogens with one attached hydrogen (secondary N) is 1. The lowest BCUT2D eigenvalue weighted by Gasteiger charge is -2.31. The first kappa shape index (κ1) is 11.4. The highest BCUT2D eigenvalue weighted by molar-refractivity contribution is 7.90. The smallest absolute Gasteiger partial charge is 0.216 e. The van der Waals surface area contributed by atoms with Crippen LogP contribution in [0.4, 0.5) is 0 Å². The van der Waals surface area contributed by atoms with E-state index < -0.39 is 10.0 Å². The van der Waals surface area contributed by atoms with Gasteiger partial charge in [-0.05, 0) is 32.2 Å². The Morgan fingerprint density at radius 2 is 1.80 bits per heavy atom. The van der Waals surface area contributed by atoms with Crippen LogP contribution in [0.5, 0.6) is 0 Å². The van der Waals surface area contributed by atoms with Crippen molar-refractivity contribution in [3.63, 3.8) is 0 Å². The third kappa shape index (κ3) is 2.52. The number of rotatable bonds is 4. The highest BCUT2D eigenvalue weighted by Crippen LogP contribution is 2.32. The molecule has 1 saturated heterocycles. The van der Waals surface area contributed by atoms with Gasteiger partial charge < -0.3 is 5.32 Å². The maximum absolute atomic E-state index is 11.9. The van der Waals surface area contributed by atoms with Crippen LogP contribution in [-0.4, -0.2) is 43.6 Å². The normalized spacial score (nSPS) is 25.7. The van der Waals surface area contributed by atoms with Crippen molar-refractivity contribution in [3.8, 4) is 0 Å². The Bertz CT molecular complexity index is 303. The lowest BCUT2D eigenvalue weighted by molar-refractivity contribution is 0.292. The van der Waals surface area contributed by atoms with Crippen molar-refractivity contribution in [3.05, 3.63) is 0 Å². The van der Waals surface area contributed by atoms with Crippen LogP contribution in [-0.2, 0) is 10.0 Å². The third-order valence-corrected chi connectivity index (χ3v) is 5.65. The summed E-state index contributed by atoms with van der Waals surface area (Å²) < 4.78 is 25.5. The summed E-state index contributed by atoms with van der Waals surface area (Å²) in [6, 6.07) is 0.514. The van der Waals surface area contributed by atoms with Gasteiger partial charge in [0.2, 0.25) is 10.0 Å². The SMILES string of the molecule is CCNC1CCN(S(=O)(=O)C2CC2)CC1. The van der Waals surface area contributed by atoms with Gasteiger partial charge in [0.05, 0.1) is 5.25 Å². The van der Waals surface area contributed by atoms with Crippen LogP contribution in [0.25, 0.3) is 0 Å². The molecule has 1 heterocycles. The molecular formula is C10H20N2O2S. The summed E-state index contributed by atoms with van der Waals surface area (Å²) in [4.78, 5) is 0. The second-order valence-electron chi connectivity index (χ2n) is 4.48. The number of sulfonamides is 1. The molecule has 2 aliphatic rings. The second-order valence-corrected chi connectivity index (χ2v) is 6.69. The van der Waals surface area contributed by atoms with Crippen molar-refractivity contribution in [2.45, 2.75) is 43.9 Å². The zero-order valence-corrected chi connectivity index (χ0v) is 10.1. The molecule has 2 rings (SSSR count). The molecular weight excluding hydrogens is 212 g/mol. The van der Waals surface area contributed by atoms with Crippen LogP contribution in [0.3, 0.4) is 0 Å². The topological polar surface area (TPSA) is 49.4 Å². The molecule has 1 aliphatic carbocycles. The largest absolute Gasteiger partial charge is 0.314 e. The number of piperidine rings is 1. The third-order valence-electron chi connectivity index (χ3n) is 3.25. The predicted molar refractivity (Wildman–Crippen MR) is 60.2 cm³/mol. The average Bonchev–Trinajstić information content (AvgIpc) is 3.02. The maximum Gasteiger partial charge on any atom is 0.216 e. The predicted octanol–water partition coefficient (Wildman–Crippen LogP) is 0.552. The van der Waals surface area contributed by atoms with Gasteiger partial charge in [0.1, 0.15) is 0 Å². The molecule has 0 aromatic rings. The van der Waals surface area contributed by atoms with E-state index in [1.807, 2.05) is 0 Å². The summed E-state index contributed by atoms with van der Waals surface area (Å²) >= 11 is 0. The molecule has 1 aliphatic heterocycles. The van der Waals surface area contributed by atoms with Crippen LogP contribution in [0.15, 0.2) is 0 Å². The fourth-order valence-corrected chi connectivity index (χ4v) is 4.05. The molecule has 1 saturated carbocycles. The highest BCUT2D eigenvalue weighted by Gasteiger charge is 2.40. The molecule has 2 fully saturated rings. The van der Waals surface area contributed by atoms with E-state index >= 15 is 0 Å². The fraction of sp³-hybridized carbons (Fsp3) is 1.00. The standard InChI is InChI=1S/C10H20N2O2S/c1-2-11-9-5-7-12(8-6-9)15(13,14)10-3-4-10/h9-11H,2-8H2,1H3. The van der Waals surface area contributed by atoms with E-state index in [4.69, 9.17) is 0 Å². The number of nitrogens with zero attached hydrogens (tertiary/aromatic N) is 1. The maximum atomic E-state index is 11.9. The van der Waals surface area contributed by atoms with Gasteiger partial charge in [0.25, 0.3) is 0 Å². The molecule has 4 nitrogen and oxygen atoms in total. The molecule has 0 radical (unpaired) electrons. The van der Waals surface area contributed by atoms with Gasteiger partial charge in [-0.2, -0.15) is 0 Å². The van der Waals surface area contributed by atoms with E-state index in [-0.39, 0.29) is 5.25 Å². The molecule has 0 aromatic carbocycles. The summed E-state index contributed by atoms with van der Waals surface area (Å²) in [7, 11) is -2.92. The minimum Gasteiger partial charge on any atom is -0.314 e. The van der Waals surface area contributed by atoms with Crippen LogP contribution >= 0.6 is 0 Å². The Labute approximate surface area is 92.1 Å². The Morgan fingerprint density at radius 3 is 2.27 bits per heavy atom. The summed E-state index contributed by atoms with van der Waals surface area (Å²) in [5.74, 6) is 0. The van der Waals surface area contributed by atoms with Gasteiger partial charge in [-0.1, -0.05) is 6.92 Å². The van der Waals surface area contributed by atoms with E-state index in [0.717, 1.165) is 32.2 Å². The first-order chi connectivity index (χ1) is 7.14. The molecule has 15 heavy (non-hydrogen) atoms. The fourth-order valence-electron chi connectivity index (χ4n) is 2.18. The highest BCUT2D eigenvalue weighted by atomic mass is 32.2. The Morgan fingerprint density at radius 1 is 1.20 bits per heavy atom. The zero-order valence-electron chi connectivity index (χ0n) is 9.28. The molecule has 0 amide bonds. The molecule has 0 aromatic heterocycles. The first-order valence-corrected chi connectivity index (χ1v) is 7.37. The molecule has 88 valence electrons. The molecule has 0 bridgehead atoms. The van der Waals surface area contributed by atoms with Crippen LogP contribution < -0.4 is 5.32 Å². The van der Waals surface area contributed by atoms with E-state index in [1.165, 1.54) is 0 Å². The lowest BCUT2D eigenvalue weighted by Crippen LogP contribution is -2.45. The molecule has 0 spiro atoms. The van der Waals surface area contributed by atoms with Gasteiger partial charge >= 0.3 is 0 Å². The van der Waals surface area contributed by atoms with E-state index in [0.29, 0.717) is 19.1 Å². The minimum atomic E-state index is -2.92. The van der Waals surface area contributed by atoms with Crippen LogP contribution in [0.2, 0.25) is 0 Å². The molecule has 0 atom stereocenters. The van der Waals surface area contributed by atoms with Gasteiger partial charge in [0, 0.05) is 19.1 Å². The summed E-state index contributed by atoms with van der Waals surface area (Å²) in [6.45, 7) is 4.47. The van der Waals surface area contributed by atoms with Crippen LogP contribution in [0.1, 0.15) is 32.6 Å². The second kappa shape index (κ2) is 4.39. The zero-order chi connectivity index (χ0) is 10.9. The minimum absolute atomic E-state index is 0.0480. The van der Waals surface area contributed by atoms with Crippen molar-refractivity contribution in [2.75, 3.05) is 19.6 Å². The first-order valence-electron chi connectivity index (χ1n) is 5.87. The average molecular weight is 232 g/mol. The Balaban J connectivity index is 1.87. The van der Waals surface area contributed by atoms with Crippen molar-refractivity contribution in [2.24, 2.45) is 0 Å². The monoisotopic (exact) mass is 232 g/mol. The van der Waals surface area contributed by atoms with Crippen molar-refractivity contribution in [1.29, 1.82) is 0 Å². The quantitative estimate of drug-likeness (QED) is 0.770. The van der Waals surface area contributed by atoms with Gasteiger partial charge in [-0.15, -0.1) is 0 Å². The van der Waals surface area contributed by atoms with Gasteiger partial charge in [-0.3, -0.25) is 0 Å². The van der Waals surface area contributed by atoms with Crippen molar-refractivity contribution >= 4 is 10.0 Å². The molecule has 1 N–H and O–H groups in total. The van der Waals surface area contributed by atoms with Gasteiger partial charge in [-0.25, -0.2) is 12.7 Å². The van der Waals surface area contributed by atoms with Gasteiger partial charge in [0.15, 0.2) is 0 Å².